The molecule has 2 aliphatic rings. The Kier molecular flexibility index (Phi) is 6.99. The van der Waals surface area contributed by atoms with Gasteiger partial charge in [0, 0.05) is 17.6 Å². The summed E-state index contributed by atoms with van der Waals surface area (Å²) in [5, 5.41) is 11.8. The van der Waals surface area contributed by atoms with Crippen LogP contribution in [0.2, 0.25) is 0 Å². The summed E-state index contributed by atoms with van der Waals surface area (Å²) in [6.07, 6.45) is 6.49. The van der Waals surface area contributed by atoms with Gasteiger partial charge in [0.1, 0.15) is 11.9 Å². The minimum atomic E-state index is -0.00234. The summed E-state index contributed by atoms with van der Waals surface area (Å²) in [5.41, 5.74) is 2.98. The number of methoxy groups -OCH3 is 1. The SMILES string of the molecule is COc1cccc([C@H](C)Nc2nc(OC3CC4CCC(C3)N4)nc3c(C(C)C)cnn23)c1.S. The van der Waals surface area contributed by atoms with Gasteiger partial charge in [-0.25, -0.2) is 0 Å². The van der Waals surface area contributed by atoms with Gasteiger partial charge in [0.15, 0.2) is 5.65 Å². The van der Waals surface area contributed by atoms with Gasteiger partial charge in [-0.2, -0.15) is 33.1 Å². The Hall–Kier alpha value is -2.52. The van der Waals surface area contributed by atoms with Crippen LogP contribution in [0.15, 0.2) is 30.5 Å². The lowest BCUT2D eigenvalue weighted by molar-refractivity contribution is 0.126. The van der Waals surface area contributed by atoms with Crippen molar-refractivity contribution in [3.05, 3.63) is 41.6 Å². The van der Waals surface area contributed by atoms with Crippen molar-refractivity contribution in [1.82, 2.24) is 24.9 Å². The summed E-state index contributed by atoms with van der Waals surface area (Å²) in [4.78, 5) is 9.53. The third kappa shape index (κ3) is 4.89. The van der Waals surface area contributed by atoms with Gasteiger partial charge < -0.3 is 20.1 Å². The Morgan fingerprint density at radius 1 is 1.12 bits per heavy atom. The minimum Gasteiger partial charge on any atom is -0.497 e. The first-order chi connectivity index (χ1) is 15.5. The van der Waals surface area contributed by atoms with E-state index >= 15 is 0 Å². The van der Waals surface area contributed by atoms with Crippen molar-refractivity contribution in [2.75, 3.05) is 12.4 Å². The number of nitrogens with zero attached hydrogens (tertiary/aromatic N) is 4. The topological polar surface area (TPSA) is 85.6 Å². The van der Waals surface area contributed by atoms with Gasteiger partial charge >= 0.3 is 6.01 Å². The number of nitrogens with one attached hydrogen (secondary N) is 2. The molecule has 2 aliphatic heterocycles. The molecule has 8 nitrogen and oxygen atoms in total. The third-order valence-corrected chi connectivity index (χ3v) is 6.64. The van der Waals surface area contributed by atoms with Gasteiger partial charge in [-0.15, -0.1) is 0 Å². The van der Waals surface area contributed by atoms with E-state index in [2.05, 4.69) is 42.6 Å². The zero-order chi connectivity index (χ0) is 22.2. The van der Waals surface area contributed by atoms with Crippen LogP contribution in [-0.4, -0.2) is 44.9 Å². The zero-order valence-electron chi connectivity index (χ0n) is 19.7. The number of piperidine rings is 1. The van der Waals surface area contributed by atoms with E-state index in [1.807, 2.05) is 24.4 Å². The van der Waals surface area contributed by atoms with Gasteiger partial charge in [0.25, 0.3) is 0 Å². The molecule has 9 heteroatoms. The number of aromatic nitrogens is 4. The predicted octanol–water partition coefficient (Wildman–Crippen LogP) is 4.20. The molecule has 2 saturated heterocycles. The van der Waals surface area contributed by atoms with E-state index < -0.39 is 0 Å². The van der Waals surface area contributed by atoms with Crippen molar-refractivity contribution in [3.8, 4) is 11.8 Å². The van der Waals surface area contributed by atoms with Crippen LogP contribution in [0.5, 0.6) is 11.8 Å². The molecule has 2 N–H and O–H groups in total. The van der Waals surface area contributed by atoms with Crippen molar-refractivity contribution in [2.45, 2.75) is 76.6 Å². The summed E-state index contributed by atoms with van der Waals surface area (Å²) in [6, 6.07) is 9.56. The van der Waals surface area contributed by atoms with Crippen LogP contribution < -0.4 is 20.1 Å². The van der Waals surface area contributed by atoms with E-state index in [1.54, 1.807) is 11.6 Å². The first-order valence-corrected chi connectivity index (χ1v) is 11.6. The number of rotatable bonds is 7. The second-order valence-electron chi connectivity index (χ2n) is 9.31. The maximum atomic E-state index is 6.35. The maximum absolute atomic E-state index is 6.35. The number of fused-ring (bicyclic) bond motifs is 3. The Morgan fingerprint density at radius 2 is 1.88 bits per heavy atom. The standard InChI is InChI=1S/C24H32N6O2.H2S/c1-14(2)21-13-25-30-22(21)28-24(32-20-11-17-8-9-18(12-20)27-17)29-23(30)26-15(3)16-6-5-7-19(10-16)31-4;/h5-7,10,13-15,17-18,20,27H,8-9,11-12H2,1-4H3,(H,26,28,29);1H2/t15-,17?,18?,20?;/m0./s1. The van der Waals surface area contributed by atoms with E-state index in [0.29, 0.717) is 30.0 Å². The fourth-order valence-corrected chi connectivity index (χ4v) is 4.87. The van der Waals surface area contributed by atoms with Gasteiger partial charge in [-0.3, -0.25) is 0 Å². The zero-order valence-corrected chi connectivity index (χ0v) is 20.7. The molecule has 5 rings (SSSR count). The number of hydrogen-bond acceptors (Lipinski definition) is 7. The molecule has 2 fully saturated rings. The predicted molar refractivity (Wildman–Crippen MR) is 134 cm³/mol. The van der Waals surface area contributed by atoms with Crippen molar-refractivity contribution in [2.24, 2.45) is 0 Å². The highest BCUT2D eigenvalue weighted by atomic mass is 32.1. The quantitative estimate of drug-likeness (QED) is 0.535. The second kappa shape index (κ2) is 9.77. The van der Waals surface area contributed by atoms with Crippen LogP contribution in [0.4, 0.5) is 5.95 Å². The molecule has 0 saturated carbocycles. The molecular formula is C24H34N6O2S. The third-order valence-electron chi connectivity index (χ3n) is 6.64. The molecule has 0 radical (unpaired) electrons. The van der Waals surface area contributed by atoms with Crippen molar-refractivity contribution >= 4 is 25.1 Å². The van der Waals surface area contributed by atoms with Crippen LogP contribution in [-0.2, 0) is 0 Å². The average molecular weight is 471 g/mol. The largest absolute Gasteiger partial charge is 0.497 e. The van der Waals surface area contributed by atoms with Crippen molar-refractivity contribution in [3.63, 3.8) is 0 Å². The second-order valence-corrected chi connectivity index (χ2v) is 9.31. The van der Waals surface area contributed by atoms with Crippen molar-refractivity contribution < 1.29 is 9.47 Å². The Labute approximate surface area is 201 Å². The van der Waals surface area contributed by atoms with E-state index in [-0.39, 0.29) is 25.6 Å². The number of benzene rings is 1. The number of hydrogen-bond donors (Lipinski definition) is 2. The molecule has 178 valence electrons. The summed E-state index contributed by atoms with van der Waals surface area (Å²) in [7, 11) is 1.68. The summed E-state index contributed by atoms with van der Waals surface area (Å²) in [5.74, 6) is 1.76. The number of anilines is 1. The van der Waals surface area contributed by atoms with Crippen LogP contribution in [0.25, 0.3) is 5.65 Å². The first-order valence-electron chi connectivity index (χ1n) is 11.6. The Bertz CT molecular complexity index is 1090. The van der Waals surface area contributed by atoms with E-state index in [1.165, 1.54) is 12.8 Å². The van der Waals surface area contributed by atoms with E-state index in [0.717, 1.165) is 35.4 Å². The van der Waals surface area contributed by atoms with Crippen LogP contribution in [0, 0.1) is 0 Å². The van der Waals surface area contributed by atoms with Crippen LogP contribution in [0.1, 0.15) is 69.5 Å². The smallest absolute Gasteiger partial charge is 0.322 e. The monoisotopic (exact) mass is 470 g/mol. The van der Waals surface area contributed by atoms with Gasteiger partial charge in [-0.1, -0.05) is 26.0 Å². The molecule has 3 atom stereocenters. The van der Waals surface area contributed by atoms with Gasteiger partial charge in [0.05, 0.1) is 19.3 Å². The molecule has 1 aromatic carbocycles. The Morgan fingerprint density at radius 3 is 2.58 bits per heavy atom. The molecule has 2 aromatic heterocycles. The molecule has 2 unspecified atom stereocenters. The highest BCUT2D eigenvalue weighted by molar-refractivity contribution is 7.59. The fraction of sp³-hybridized carbons (Fsp3) is 0.542. The van der Waals surface area contributed by atoms with Gasteiger partial charge in [-0.05, 0) is 56.2 Å². The highest BCUT2D eigenvalue weighted by Crippen LogP contribution is 2.31. The highest BCUT2D eigenvalue weighted by Gasteiger charge is 2.35. The molecule has 33 heavy (non-hydrogen) atoms. The molecule has 3 aromatic rings. The summed E-state index contributed by atoms with van der Waals surface area (Å²) in [6.45, 7) is 6.40. The molecule has 0 spiro atoms. The Balaban J connectivity index is 0.00000259. The van der Waals surface area contributed by atoms with Crippen molar-refractivity contribution in [1.29, 1.82) is 0 Å². The molecule has 2 bridgehead atoms. The van der Waals surface area contributed by atoms with Crippen LogP contribution >= 0.6 is 13.5 Å². The molecule has 0 amide bonds. The minimum absolute atomic E-state index is 0. The maximum Gasteiger partial charge on any atom is 0.322 e. The summed E-state index contributed by atoms with van der Waals surface area (Å²) < 4.78 is 13.5. The molecule has 0 aliphatic carbocycles. The first kappa shape index (κ1) is 23.6. The fourth-order valence-electron chi connectivity index (χ4n) is 4.87. The number of ether oxygens (including phenoxy) is 2. The van der Waals surface area contributed by atoms with Gasteiger partial charge in [0.2, 0.25) is 5.95 Å². The van der Waals surface area contributed by atoms with E-state index in [9.17, 15) is 0 Å². The summed E-state index contributed by atoms with van der Waals surface area (Å²) >= 11 is 0. The molecule has 4 heterocycles. The normalized spacial score (nSPS) is 22.8. The lowest BCUT2D eigenvalue weighted by Gasteiger charge is -2.28. The lowest BCUT2D eigenvalue weighted by atomic mass is 10.0. The molecular weight excluding hydrogens is 436 g/mol. The van der Waals surface area contributed by atoms with Crippen LogP contribution in [0.3, 0.4) is 0 Å². The van der Waals surface area contributed by atoms with E-state index in [4.69, 9.17) is 19.4 Å². The lowest BCUT2D eigenvalue weighted by Crippen LogP contribution is -2.42. The average Bonchev–Trinajstić information content (AvgIpc) is 3.36.